The molecule has 48 valence electrons. The molecule has 0 radical (unpaired) electrons. The first-order chi connectivity index (χ1) is 4.43. The third-order valence-corrected chi connectivity index (χ3v) is 0.742. The van der Waals surface area contributed by atoms with Gasteiger partial charge in [0.25, 0.3) is 0 Å². The van der Waals surface area contributed by atoms with Crippen LogP contribution < -0.4 is 0 Å². The largest absolute Gasteiger partial charge is 0.411 e. The van der Waals surface area contributed by atoms with Gasteiger partial charge in [0.15, 0.2) is 0 Å². The van der Waals surface area contributed by atoms with Crippen molar-refractivity contribution in [1.82, 2.24) is 20.2 Å². The normalized spacial score (nSPS) is 10.7. The van der Waals surface area contributed by atoms with E-state index in [1.807, 2.05) is 0 Å². The van der Waals surface area contributed by atoms with Crippen molar-refractivity contribution < 1.29 is 5.21 Å². The lowest BCUT2D eigenvalue weighted by Crippen LogP contribution is -1.99. The Labute approximate surface area is 50.8 Å². The third-order valence-electron chi connectivity index (χ3n) is 0.742. The molecule has 0 spiro atoms. The molecular weight excluding hydrogens is 122 g/mol. The highest BCUT2D eigenvalue weighted by atomic mass is 16.4. The number of hydrogen-bond acceptors (Lipinski definition) is 5. The predicted molar refractivity (Wildman–Crippen MR) is 28.1 cm³/mol. The Balaban J connectivity index is 2.48. The molecule has 6 nitrogen and oxygen atoms in total. The molecule has 0 atom stereocenters. The topological polar surface area (TPSA) is 76.2 Å². The zero-order valence-electron chi connectivity index (χ0n) is 4.55. The summed E-state index contributed by atoms with van der Waals surface area (Å²) in [5, 5.41) is 21.0. The Morgan fingerprint density at radius 3 is 3.22 bits per heavy atom. The summed E-state index contributed by atoms with van der Waals surface area (Å²) in [6, 6.07) is 0. The molecule has 0 fully saturated rings. The van der Waals surface area contributed by atoms with Crippen LogP contribution in [0.1, 0.15) is 0 Å². The summed E-state index contributed by atoms with van der Waals surface area (Å²) in [5.74, 6) is 0. The van der Waals surface area contributed by atoms with Crippen LogP contribution >= 0.6 is 0 Å². The molecule has 1 rings (SSSR count). The molecule has 1 N–H and O–H groups in total. The second kappa shape index (κ2) is 2.75. The van der Waals surface area contributed by atoms with Crippen molar-refractivity contribution >= 4 is 6.21 Å². The average Bonchev–Trinajstić information content (AvgIpc) is 2.34. The summed E-state index contributed by atoms with van der Waals surface area (Å²) in [6.07, 6.45) is 2.72. The number of nitrogens with zero attached hydrogens (tertiary/aromatic N) is 5. The minimum atomic E-state index is 0.392. The van der Waals surface area contributed by atoms with Crippen LogP contribution in [-0.4, -0.2) is 31.6 Å². The quantitative estimate of drug-likeness (QED) is 0.318. The van der Waals surface area contributed by atoms with Crippen molar-refractivity contribution in [3.05, 3.63) is 6.33 Å². The van der Waals surface area contributed by atoms with E-state index in [9.17, 15) is 0 Å². The van der Waals surface area contributed by atoms with Crippen molar-refractivity contribution in [3.63, 3.8) is 0 Å². The smallest absolute Gasteiger partial charge is 0.138 e. The molecule has 0 unspecified atom stereocenters. The number of rotatable bonds is 2. The van der Waals surface area contributed by atoms with E-state index in [1.165, 1.54) is 17.2 Å². The van der Waals surface area contributed by atoms with Gasteiger partial charge in [-0.05, 0) is 10.4 Å². The van der Waals surface area contributed by atoms with Gasteiger partial charge >= 0.3 is 0 Å². The summed E-state index contributed by atoms with van der Waals surface area (Å²) in [5.41, 5.74) is 0. The molecule has 1 aromatic heterocycles. The summed E-state index contributed by atoms with van der Waals surface area (Å²) < 4.78 is 1.43. The van der Waals surface area contributed by atoms with E-state index >= 15 is 0 Å². The van der Waals surface area contributed by atoms with Gasteiger partial charge in [-0.3, -0.25) is 0 Å². The zero-order chi connectivity index (χ0) is 6.53. The van der Waals surface area contributed by atoms with Crippen LogP contribution in [0.3, 0.4) is 0 Å². The van der Waals surface area contributed by atoms with Crippen molar-refractivity contribution in [2.75, 3.05) is 0 Å². The molecule has 0 saturated heterocycles. The maximum Gasteiger partial charge on any atom is 0.138 e. The van der Waals surface area contributed by atoms with Gasteiger partial charge in [-0.25, -0.2) is 4.68 Å². The van der Waals surface area contributed by atoms with Crippen molar-refractivity contribution in [1.29, 1.82) is 0 Å². The average molecular weight is 127 g/mol. The molecule has 0 aliphatic rings. The molecule has 6 heteroatoms. The molecule has 0 bridgehead atoms. The maximum absolute atomic E-state index is 7.95. The number of aromatic nitrogens is 4. The molecule has 0 aromatic carbocycles. The van der Waals surface area contributed by atoms with Crippen LogP contribution in [0.2, 0.25) is 0 Å². The second-order valence-corrected chi connectivity index (χ2v) is 1.33. The SMILES string of the molecule is O/N=C/Cn1cnnn1. The highest BCUT2D eigenvalue weighted by molar-refractivity contribution is 5.55. The van der Waals surface area contributed by atoms with Crippen LogP contribution in [0.5, 0.6) is 0 Å². The van der Waals surface area contributed by atoms with Gasteiger partial charge in [0.05, 0.1) is 12.8 Å². The Kier molecular flexibility index (Phi) is 1.73. The van der Waals surface area contributed by atoms with Crippen LogP contribution in [0, 0.1) is 0 Å². The van der Waals surface area contributed by atoms with Gasteiger partial charge in [0, 0.05) is 0 Å². The lowest BCUT2D eigenvalue weighted by atomic mass is 10.7. The standard InChI is InChI=1S/C3H5N5O/c9-5-1-2-8-3-4-6-7-8/h1,3,9H,2H2/b5-1+. The van der Waals surface area contributed by atoms with Crippen LogP contribution in [-0.2, 0) is 6.54 Å². The highest BCUT2D eigenvalue weighted by Gasteiger charge is 1.85. The Morgan fingerprint density at radius 1 is 1.78 bits per heavy atom. The fraction of sp³-hybridized carbons (Fsp3) is 0.333. The van der Waals surface area contributed by atoms with Crippen LogP contribution in [0.15, 0.2) is 11.5 Å². The summed E-state index contributed by atoms with van der Waals surface area (Å²) in [6.45, 7) is 0.392. The van der Waals surface area contributed by atoms with Crippen LogP contribution in [0.25, 0.3) is 0 Å². The molecule has 1 aromatic rings. The van der Waals surface area contributed by atoms with Gasteiger partial charge < -0.3 is 5.21 Å². The van der Waals surface area contributed by atoms with E-state index in [4.69, 9.17) is 5.21 Å². The minimum absolute atomic E-state index is 0.392. The Hall–Kier alpha value is -1.46. The second-order valence-electron chi connectivity index (χ2n) is 1.33. The van der Waals surface area contributed by atoms with Crippen molar-refractivity contribution in [2.24, 2.45) is 5.16 Å². The predicted octanol–water partition coefficient (Wildman–Crippen LogP) is -0.867. The molecule has 0 aliphatic heterocycles. The molecule has 1 heterocycles. The van der Waals surface area contributed by atoms with Crippen LogP contribution in [0.4, 0.5) is 0 Å². The summed E-state index contributed by atoms with van der Waals surface area (Å²) in [7, 11) is 0. The molecule has 0 amide bonds. The van der Waals surface area contributed by atoms with Crippen molar-refractivity contribution in [2.45, 2.75) is 6.54 Å². The Morgan fingerprint density at radius 2 is 2.67 bits per heavy atom. The first kappa shape index (κ1) is 5.67. The lowest BCUT2D eigenvalue weighted by molar-refractivity contribution is 0.319. The summed E-state index contributed by atoms with van der Waals surface area (Å²) >= 11 is 0. The first-order valence-corrected chi connectivity index (χ1v) is 2.30. The van der Waals surface area contributed by atoms with E-state index in [0.29, 0.717) is 6.54 Å². The molecule has 9 heavy (non-hydrogen) atoms. The van der Waals surface area contributed by atoms with Gasteiger partial charge in [-0.1, -0.05) is 0 Å². The molecular formula is C3H5N5O. The number of hydrogen-bond donors (Lipinski definition) is 1. The first-order valence-electron chi connectivity index (χ1n) is 2.30. The highest BCUT2D eigenvalue weighted by Crippen LogP contribution is 1.71. The third kappa shape index (κ3) is 1.48. The van der Waals surface area contributed by atoms with E-state index in [-0.39, 0.29) is 0 Å². The summed E-state index contributed by atoms with van der Waals surface area (Å²) in [4.78, 5) is 0. The van der Waals surface area contributed by atoms with E-state index in [0.717, 1.165) is 0 Å². The van der Waals surface area contributed by atoms with E-state index in [2.05, 4.69) is 20.7 Å². The molecule has 0 saturated carbocycles. The van der Waals surface area contributed by atoms with Gasteiger partial charge in [0.1, 0.15) is 6.33 Å². The van der Waals surface area contributed by atoms with E-state index < -0.39 is 0 Å². The van der Waals surface area contributed by atoms with E-state index in [1.54, 1.807) is 0 Å². The van der Waals surface area contributed by atoms with Gasteiger partial charge in [0.2, 0.25) is 0 Å². The fourth-order valence-electron chi connectivity index (χ4n) is 0.384. The van der Waals surface area contributed by atoms with Crippen molar-refractivity contribution in [3.8, 4) is 0 Å². The van der Waals surface area contributed by atoms with Gasteiger partial charge in [-0.15, -0.1) is 10.3 Å². The number of tetrazole rings is 1. The minimum Gasteiger partial charge on any atom is -0.411 e. The zero-order valence-corrected chi connectivity index (χ0v) is 4.55. The maximum atomic E-state index is 7.95. The van der Waals surface area contributed by atoms with Gasteiger partial charge in [-0.2, -0.15) is 0 Å². The monoisotopic (exact) mass is 127 g/mol. The Bertz CT molecular complexity index is 180. The number of oxime groups is 1. The lowest BCUT2D eigenvalue weighted by Gasteiger charge is -1.85. The fourth-order valence-corrected chi connectivity index (χ4v) is 0.384. The molecule has 0 aliphatic carbocycles.